The third-order valence-corrected chi connectivity index (χ3v) is 4.62. The summed E-state index contributed by atoms with van der Waals surface area (Å²) in [7, 11) is 1.62. The minimum absolute atomic E-state index is 0.0137. The van der Waals surface area contributed by atoms with Gasteiger partial charge in [0.25, 0.3) is 5.91 Å². The van der Waals surface area contributed by atoms with E-state index < -0.39 is 6.04 Å². The molecule has 2 aromatic rings. The van der Waals surface area contributed by atoms with Crippen LogP contribution in [0.15, 0.2) is 59.6 Å². The van der Waals surface area contributed by atoms with Crippen LogP contribution in [0.2, 0.25) is 0 Å². The predicted molar refractivity (Wildman–Crippen MR) is 105 cm³/mol. The van der Waals surface area contributed by atoms with Gasteiger partial charge in [-0.3, -0.25) is 4.79 Å². The molecule has 1 aliphatic heterocycles. The van der Waals surface area contributed by atoms with E-state index in [9.17, 15) is 4.79 Å². The summed E-state index contributed by atoms with van der Waals surface area (Å²) in [4.78, 5) is 21.9. The van der Waals surface area contributed by atoms with Gasteiger partial charge >= 0.3 is 0 Å². The summed E-state index contributed by atoms with van der Waals surface area (Å²) in [5.41, 5.74) is 1.84. The Bertz CT molecular complexity index is 785. The molecular weight excluding hydrogens is 326 g/mol. The zero-order valence-electron chi connectivity index (χ0n) is 15.6. The lowest BCUT2D eigenvalue weighted by atomic mass is 10.1. The molecule has 1 heterocycles. The van der Waals surface area contributed by atoms with Crippen LogP contribution in [0.3, 0.4) is 0 Å². The first-order valence-corrected chi connectivity index (χ1v) is 9.03. The lowest BCUT2D eigenvalue weighted by Crippen LogP contribution is -2.45. The molecule has 0 N–H and O–H groups in total. The van der Waals surface area contributed by atoms with Crippen molar-refractivity contribution in [3.63, 3.8) is 0 Å². The number of ether oxygens (including phenoxy) is 1. The number of hydrogen-bond donors (Lipinski definition) is 0. The standard InChI is InChI=1S/C21H25N3O2/c1-4-23(5-2)21-22-17(15-16-11-7-6-8-12-16)20(25)24(21)18-13-9-10-14-19(18)26-3/h6-14,17H,4-5,15H2,1-3H3. The van der Waals surface area contributed by atoms with Crippen molar-refractivity contribution in [3.05, 3.63) is 60.2 Å². The molecule has 26 heavy (non-hydrogen) atoms. The molecule has 0 spiro atoms. The molecule has 2 aromatic carbocycles. The van der Waals surface area contributed by atoms with Crippen molar-refractivity contribution in [2.75, 3.05) is 25.1 Å². The summed E-state index contributed by atoms with van der Waals surface area (Å²) in [6, 6.07) is 17.2. The molecule has 1 unspecified atom stereocenters. The molecule has 0 aromatic heterocycles. The summed E-state index contributed by atoms with van der Waals surface area (Å²) in [6.45, 7) is 5.71. The second kappa shape index (κ2) is 8.04. The second-order valence-electron chi connectivity index (χ2n) is 6.15. The van der Waals surface area contributed by atoms with E-state index in [1.807, 2.05) is 54.6 Å². The molecule has 0 fully saturated rings. The summed E-state index contributed by atoms with van der Waals surface area (Å²) in [5, 5.41) is 0. The molecule has 1 amide bonds. The maximum absolute atomic E-state index is 13.3. The van der Waals surface area contributed by atoms with E-state index in [1.54, 1.807) is 12.0 Å². The molecule has 0 saturated carbocycles. The molecule has 0 saturated heterocycles. The lowest BCUT2D eigenvalue weighted by molar-refractivity contribution is -0.118. The lowest BCUT2D eigenvalue weighted by Gasteiger charge is -2.28. The number of aliphatic imine (C=N–C) groups is 1. The second-order valence-corrected chi connectivity index (χ2v) is 6.15. The molecule has 0 aliphatic carbocycles. The Morgan fingerprint density at radius 3 is 2.35 bits per heavy atom. The monoisotopic (exact) mass is 351 g/mol. The Morgan fingerprint density at radius 1 is 1.04 bits per heavy atom. The van der Waals surface area contributed by atoms with Crippen molar-refractivity contribution in [1.82, 2.24) is 4.90 Å². The molecule has 1 atom stereocenters. The molecule has 0 bridgehead atoms. The minimum atomic E-state index is -0.419. The predicted octanol–water partition coefficient (Wildman–Crippen LogP) is 3.35. The number of nitrogens with zero attached hydrogens (tertiary/aromatic N) is 3. The summed E-state index contributed by atoms with van der Waals surface area (Å²) >= 11 is 0. The minimum Gasteiger partial charge on any atom is -0.495 e. The van der Waals surface area contributed by atoms with Gasteiger partial charge in [-0.05, 0) is 31.5 Å². The van der Waals surface area contributed by atoms with Gasteiger partial charge in [-0.25, -0.2) is 9.89 Å². The summed E-state index contributed by atoms with van der Waals surface area (Å²) in [6.07, 6.45) is 0.593. The van der Waals surface area contributed by atoms with E-state index >= 15 is 0 Å². The average molecular weight is 351 g/mol. The largest absolute Gasteiger partial charge is 0.495 e. The zero-order valence-corrected chi connectivity index (χ0v) is 15.6. The highest BCUT2D eigenvalue weighted by Crippen LogP contribution is 2.32. The smallest absolute Gasteiger partial charge is 0.259 e. The molecule has 5 nitrogen and oxygen atoms in total. The fraction of sp³-hybridized carbons (Fsp3) is 0.333. The fourth-order valence-electron chi connectivity index (χ4n) is 3.24. The maximum atomic E-state index is 13.3. The van der Waals surface area contributed by atoms with Crippen LogP contribution in [0, 0.1) is 0 Å². The molecule has 3 rings (SSSR count). The third kappa shape index (κ3) is 3.43. The third-order valence-electron chi connectivity index (χ3n) is 4.62. The van der Waals surface area contributed by atoms with Crippen LogP contribution in [0.1, 0.15) is 19.4 Å². The Balaban J connectivity index is 1.99. The number of carbonyl (C=O) groups is 1. The topological polar surface area (TPSA) is 45.1 Å². The SMILES string of the molecule is CCN(CC)C1=NC(Cc2ccccc2)C(=O)N1c1ccccc1OC. The van der Waals surface area contributed by atoms with Gasteiger partial charge in [-0.15, -0.1) is 0 Å². The highest BCUT2D eigenvalue weighted by molar-refractivity contribution is 6.22. The van der Waals surface area contributed by atoms with Crippen LogP contribution in [0.5, 0.6) is 5.75 Å². The fourth-order valence-corrected chi connectivity index (χ4v) is 3.24. The van der Waals surface area contributed by atoms with Gasteiger partial charge in [0, 0.05) is 19.5 Å². The Hall–Kier alpha value is -2.82. The number of para-hydroxylation sites is 2. The molecule has 1 aliphatic rings. The van der Waals surface area contributed by atoms with Crippen molar-refractivity contribution < 1.29 is 9.53 Å². The van der Waals surface area contributed by atoms with Crippen LogP contribution in [0.4, 0.5) is 5.69 Å². The zero-order chi connectivity index (χ0) is 18.5. The molecule has 0 radical (unpaired) electrons. The van der Waals surface area contributed by atoms with Crippen molar-refractivity contribution in [3.8, 4) is 5.75 Å². The van der Waals surface area contributed by atoms with Crippen molar-refractivity contribution >= 4 is 17.6 Å². The van der Waals surface area contributed by atoms with Crippen molar-refractivity contribution in [2.45, 2.75) is 26.3 Å². The first-order chi connectivity index (χ1) is 12.7. The Morgan fingerprint density at radius 2 is 1.69 bits per heavy atom. The van der Waals surface area contributed by atoms with E-state index in [2.05, 4.69) is 18.7 Å². The normalized spacial score (nSPS) is 16.6. The highest BCUT2D eigenvalue weighted by Gasteiger charge is 2.38. The first kappa shape index (κ1) is 18.0. The van der Waals surface area contributed by atoms with Crippen LogP contribution in [-0.4, -0.2) is 43.0 Å². The first-order valence-electron chi connectivity index (χ1n) is 9.03. The van der Waals surface area contributed by atoms with Crippen LogP contribution in [0.25, 0.3) is 0 Å². The van der Waals surface area contributed by atoms with E-state index in [0.29, 0.717) is 18.1 Å². The van der Waals surface area contributed by atoms with Crippen molar-refractivity contribution in [1.29, 1.82) is 0 Å². The van der Waals surface area contributed by atoms with Crippen LogP contribution < -0.4 is 9.64 Å². The van der Waals surface area contributed by atoms with Gasteiger partial charge < -0.3 is 9.64 Å². The van der Waals surface area contributed by atoms with Crippen LogP contribution >= 0.6 is 0 Å². The van der Waals surface area contributed by atoms with E-state index in [0.717, 1.165) is 24.3 Å². The quantitative estimate of drug-likeness (QED) is 0.802. The highest BCUT2D eigenvalue weighted by atomic mass is 16.5. The number of carbonyl (C=O) groups excluding carboxylic acids is 1. The number of anilines is 1. The van der Waals surface area contributed by atoms with E-state index in [-0.39, 0.29) is 5.91 Å². The van der Waals surface area contributed by atoms with Crippen molar-refractivity contribution in [2.24, 2.45) is 4.99 Å². The van der Waals surface area contributed by atoms with Gasteiger partial charge in [-0.2, -0.15) is 0 Å². The average Bonchev–Trinajstić information content (AvgIpc) is 2.99. The van der Waals surface area contributed by atoms with E-state index in [1.165, 1.54) is 0 Å². The number of benzene rings is 2. The Kier molecular flexibility index (Phi) is 5.56. The maximum Gasteiger partial charge on any atom is 0.259 e. The van der Waals surface area contributed by atoms with E-state index in [4.69, 9.17) is 9.73 Å². The van der Waals surface area contributed by atoms with Gasteiger partial charge in [0.05, 0.1) is 12.8 Å². The molecule has 136 valence electrons. The number of rotatable bonds is 6. The van der Waals surface area contributed by atoms with Crippen LogP contribution in [-0.2, 0) is 11.2 Å². The number of amides is 1. The summed E-state index contributed by atoms with van der Waals surface area (Å²) < 4.78 is 5.49. The van der Waals surface area contributed by atoms with Gasteiger partial charge in [0.15, 0.2) is 0 Å². The summed E-state index contributed by atoms with van der Waals surface area (Å²) in [5.74, 6) is 1.35. The Labute approximate surface area is 154 Å². The van der Waals surface area contributed by atoms with Gasteiger partial charge in [-0.1, -0.05) is 42.5 Å². The van der Waals surface area contributed by atoms with Gasteiger partial charge in [0.2, 0.25) is 5.96 Å². The number of methoxy groups -OCH3 is 1. The molecular formula is C21H25N3O2. The number of guanidine groups is 1. The number of hydrogen-bond acceptors (Lipinski definition) is 4. The van der Waals surface area contributed by atoms with Gasteiger partial charge in [0.1, 0.15) is 11.8 Å². The molecule has 5 heteroatoms.